The number of aryl methyl sites for hydroxylation is 1. The van der Waals surface area contributed by atoms with Gasteiger partial charge in [0, 0.05) is 17.5 Å². The van der Waals surface area contributed by atoms with E-state index in [2.05, 4.69) is 15.4 Å². The molecule has 5 nitrogen and oxygen atoms in total. The third-order valence-electron chi connectivity index (χ3n) is 2.26. The molecule has 16 heavy (non-hydrogen) atoms. The smallest absolute Gasteiger partial charge is 0.176 e. The van der Waals surface area contributed by atoms with E-state index in [-0.39, 0.29) is 6.04 Å². The highest BCUT2D eigenvalue weighted by atomic mass is 35.5. The number of nitrogens with two attached hydrogens (primary N) is 1. The van der Waals surface area contributed by atoms with Crippen LogP contribution in [0.4, 0.5) is 0 Å². The molecule has 2 aromatic rings. The van der Waals surface area contributed by atoms with Crippen LogP contribution in [0.3, 0.4) is 0 Å². The van der Waals surface area contributed by atoms with Crippen LogP contribution in [0.15, 0.2) is 24.3 Å². The van der Waals surface area contributed by atoms with Crippen molar-refractivity contribution in [3.05, 3.63) is 40.7 Å². The first-order chi connectivity index (χ1) is 7.66. The summed E-state index contributed by atoms with van der Waals surface area (Å²) in [6.45, 7) is 0. The summed E-state index contributed by atoms with van der Waals surface area (Å²) in [6.07, 6.45) is 0.525. The molecule has 1 heterocycles. The topological polar surface area (TPSA) is 69.6 Å². The second-order valence-corrected chi connectivity index (χ2v) is 3.93. The maximum absolute atomic E-state index is 6.05. The molecule has 6 heteroatoms. The molecular formula is C10H12ClN5. The zero-order chi connectivity index (χ0) is 11.5. The van der Waals surface area contributed by atoms with Gasteiger partial charge in [-0.15, -0.1) is 10.2 Å². The average molecular weight is 238 g/mol. The van der Waals surface area contributed by atoms with Crippen LogP contribution in [0.25, 0.3) is 0 Å². The zero-order valence-corrected chi connectivity index (χ0v) is 9.59. The predicted molar refractivity (Wildman–Crippen MR) is 60.9 cm³/mol. The van der Waals surface area contributed by atoms with E-state index in [0.717, 1.165) is 5.56 Å². The molecule has 0 fully saturated rings. The van der Waals surface area contributed by atoms with Gasteiger partial charge < -0.3 is 5.73 Å². The van der Waals surface area contributed by atoms with Crippen molar-refractivity contribution < 1.29 is 0 Å². The molecule has 0 saturated heterocycles. The lowest BCUT2D eigenvalue weighted by Gasteiger charge is -2.10. The fraction of sp³-hybridized carbons (Fsp3) is 0.300. The molecule has 0 radical (unpaired) electrons. The van der Waals surface area contributed by atoms with Crippen molar-refractivity contribution in [2.45, 2.75) is 12.5 Å². The first kappa shape index (κ1) is 11.0. The summed E-state index contributed by atoms with van der Waals surface area (Å²) in [4.78, 5) is 1.41. The molecule has 2 rings (SSSR count). The number of tetrazole rings is 1. The largest absolute Gasteiger partial charge is 0.324 e. The highest BCUT2D eigenvalue weighted by Gasteiger charge is 2.13. The Morgan fingerprint density at radius 3 is 2.81 bits per heavy atom. The summed E-state index contributed by atoms with van der Waals surface area (Å²) < 4.78 is 0. The number of hydrogen-bond acceptors (Lipinski definition) is 4. The molecule has 0 spiro atoms. The van der Waals surface area contributed by atoms with Crippen LogP contribution >= 0.6 is 11.6 Å². The Balaban J connectivity index is 2.14. The van der Waals surface area contributed by atoms with Gasteiger partial charge in [0.25, 0.3) is 0 Å². The number of benzene rings is 1. The number of aromatic nitrogens is 4. The van der Waals surface area contributed by atoms with Crippen LogP contribution in [0, 0.1) is 0 Å². The highest BCUT2D eigenvalue weighted by Crippen LogP contribution is 2.22. The lowest BCUT2D eigenvalue weighted by molar-refractivity contribution is 0.622. The van der Waals surface area contributed by atoms with Crippen LogP contribution < -0.4 is 5.73 Å². The molecule has 0 amide bonds. The van der Waals surface area contributed by atoms with Gasteiger partial charge in [-0.2, -0.15) is 4.80 Å². The maximum atomic E-state index is 6.05. The molecule has 84 valence electrons. The minimum Gasteiger partial charge on any atom is -0.324 e. The van der Waals surface area contributed by atoms with Crippen LogP contribution in [0.1, 0.15) is 17.4 Å². The van der Waals surface area contributed by atoms with Crippen LogP contribution in [0.2, 0.25) is 5.02 Å². The molecule has 2 N–H and O–H groups in total. The van der Waals surface area contributed by atoms with Crippen molar-refractivity contribution in [2.24, 2.45) is 12.8 Å². The molecule has 0 aliphatic carbocycles. The van der Waals surface area contributed by atoms with Gasteiger partial charge in [-0.05, 0) is 16.8 Å². The molecule has 1 unspecified atom stereocenters. The van der Waals surface area contributed by atoms with Gasteiger partial charge in [0.05, 0.1) is 7.05 Å². The van der Waals surface area contributed by atoms with E-state index in [4.69, 9.17) is 17.3 Å². The Labute approximate surface area is 98.2 Å². The van der Waals surface area contributed by atoms with Gasteiger partial charge in [-0.25, -0.2) is 0 Å². The van der Waals surface area contributed by atoms with Crippen molar-refractivity contribution in [3.8, 4) is 0 Å². The quantitative estimate of drug-likeness (QED) is 0.868. The molecule has 0 aliphatic rings. The lowest BCUT2D eigenvalue weighted by Crippen LogP contribution is -2.14. The molecule has 1 aromatic carbocycles. The standard InChI is InChI=1S/C10H12ClN5/c1-16-14-10(13-15-16)6-9(12)7-4-2-3-5-8(7)11/h2-5,9H,6,12H2,1H3. The normalized spacial score (nSPS) is 12.7. The zero-order valence-electron chi connectivity index (χ0n) is 8.84. The first-order valence-electron chi connectivity index (χ1n) is 4.89. The van der Waals surface area contributed by atoms with Crippen LogP contribution in [-0.4, -0.2) is 20.2 Å². The van der Waals surface area contributed by atoms with Crippen molar-refractivity contribution >= 4 is 11.6 Å². The van der Waals surface area contributed by atoms with Crippen LogP contribution in [-0.2, 0) is 13.5 Å². The van der Waals surface area contributed by atoms with E-state index >= 15 is 0 Å². The van der Waals surface area contributed by atoms with Gasteiger partial charge in [-0.1, -0.05) is 29.8 Å². The maximum Gasteiger partial charge on any atom is 0.176 e. The second kappa shape index (κ2) is 4.59. The second-order valence-electron chi connectivity index (χ2n) is 3.53. The Morgan fingerprint density at radius 1 is 1.44 bits per heavy atom. The third kappa shape index (κ3) is 2.37. The molecule has 0 saturated carbocycles. The molecule has 1 aromatic heterocycles. The van der Waals surface area contributed by atoms with Crippen molar-refractivity contribution in [1.29, 1.82) is 0 Å². The Bertz CT molecular complexity index is 482. The SMILES string of the molecule is Cn1nnc(CC(N)c2ccccc2Cl)n1. The van der Waals surface area contributed by atoms with E-state index < -0.39 is 0 Å². The van der Waals surface area contributed by atoms with Gasteiger partial charge in [0.2, 0.25) is 0 Å². The van der Waals surface area contributed by atoms with E-state index in [1.54, 1.807) is 7.05 Å². The summed E-state index contributed by atoms with van der Waals surface area (Å²) >= 11 is 6.05. The van der Waals surface area contributed by atoms with Gasteiger partial charge in [0.1, 0.15) is 0 Å². The average Bonchev–Trinajstić information content (AvgIpc) is 2.64. The summed E-state index contributed by atoms with van der Waals surface area (Å²) in [5.41, 5.74) is 6.94. The Kier molecular flexibility index (Phi) is 3.17. The van der Waals surface area contributed by atoms with E-state index in [0.29, 0.717) is 17.3 Å². The number of halogens is 1. The summed E-state index contributed by atoms with van der Waals surface area (Å²) in [5, 5.41) is 12.4. The fourth-order valence-corrected chi connectivity index (χ4v) is 1.76. The molecule has 0 aliphatic heterocycles. The first-order valence-corrected chi connectivity index (χ1v) is 5.27. The minimum absolute atomic E-state index is 0.210. The van der Waals surface area contributed by atoms with Crippen molar-refractivity contribution in [2.75, 3.05) is 0 Å². The fourth-order valence-electron chi connectivity index (χ4n) is 1.49. The predicted octanol–water partition coefficient (Wildman–Crippen LogP) is 1.11. The summed E-state index contributed by atoms with van der Waals surface area (Å²) in [6, 6.07) is 7.30. The molecule has 1 atom stereocenters. The summed E-state index contributed by atoms with van der Waals surface area (Å²) in [5.74, 6) is 0.620. The Hall–Kier alpha value is -1.46. The van der Waals surface area contributed by atoms with Gasteiger partial charge >= 0.3 is 0 Å². The number of nitrogens with zero attached hydrogens (tertiary/aromatic N) is 4. The minimum atomic E-state index is -0.210. The van der Waals surface area contributed by atoms with Crippen molar-refractivity contribution in [3.63, 3.8) is 0 Å². The summed E-state index contributed by atoms with van der Waals surface area (Å²) in [7, 11) is 1.72. The highest BCUT2D eigenvalue weighted by molar-refractivity contribution is 6.31. The monoisotopic (exact) mass is 237 g/mol. The van der Waals surface area contributed by atoms with Gasteiger partial charge in [0.15, 0.2) is 5.82 Å². The Morgan fingerprint density at radius 2 is 2.19 bits per heavy atom. The van der Waals surface area contributed by atoms with Crippen molar-refractivity contribution in [1.82, 2.24) is 20.2 Å². The van der Waals surface area contributed by atoms with E-state index in [9.17, 15) is 0 Å². The number of hydrogen-bond donors (Lipinski definition) is 1. The lowest BCUT2D eigenvalue weighted by atomic mass is 10.0. The molecule has 0 bridgehead atoms. The van der Waals surface area contributed by atoms with E-state index in [1.807, 2.05) is 24.3 Å². The van der Waals surface area contributed by atoms with Crippen LogP contribution in [0.5, 0.6) is 0 Å². The molecular weight excluding hydrogens is 226 g/mol. The van der Waals surface area contributed by atoms with E-state index in [1.165, 1.54) is 4.80 Å². The number of rotatable bonds is 3. The third-order valence-corrected chi connectivity index (χ3v) is 2.60. The van der Waals surface area contributed by atoms with Gasteiger partial charge in [-0.3, -0.25) is 0 Å².